The maximum atomic E-state index is 5.91. The highest BCUT2D eigenvalue weighted by Crippen LogP contribution is 2.20. The van der Waals surface area contributed by atoms with E-state index >= 15 is 0 Å². The van der Waals surface area contributed by atoms with Gasteiger partial charge in [0.2, 0.25) is 0 Å². The molecule has 0 fully saturated rings. The van der Waals surface area contributed by atoms with Crippen molar-refractivity contribution in [2.75, 3.05) is 6.61 Å². The Morgan fingerprint density at radius 2 is 1.60 bits per heavy atom. The third-order valence-corrected chi connectivity index (χ3v) is 2.56. The lowest BCUT2D eigenvalue weighted by atomic mass is 9.96. The van der Waals surface area contributed by atoms with Crippen LogP contribution in [0.5, 0.6) is 0 Å². The van der Waals surface area contributed by atoms with E-state index in [4.69, 9.17) is 10.5 Å². The molecule has 0 aromatic carbocycles. The first kappa shape index (κ1) is 14.9. The monoisotopic (exact) mass is 215 g/mol. The summed E-state index contributed by atoms with van der Waals surface area (Å²) >= 11 is 0. The second-order valence-corrected chi connectivity index (χ2v) is 6.28. The third-order valence-electron chi connectivity index (χ3n) is 2.56. The normalized spacial score (nSPS) is 13.6. The van der Waals surface area contributed by atoms with E-state index in [0.29, 0.717) is 0 Å². The van der Waals surface area contributed by atoms with Gasteiger partial charge in [-0.05, 0) is 52.9 Å². The molecule has 0 saturated carbocycles. The van der Waals surface area contributed by atoms with E-state index in [0.717, 1.165) is 25.4 Å². The molecule has 0 unspecified atom stereocenters. The molecule has 0 spiro atoms. The van der Waals surface area contributed by atoms with Gasteiger partial charge in [0, 0.05) is 12.1 Å². The number of hydrogen-bond acceptors (Lipinski definition) is 2. The fourth-order valence-electron chi connectivity index (χ4n) is 1.30. The zero-order chi connectivity index (χ0) is 12.1. The predicted molar refractivity (Wildman–Crippen MR) is 67.0 cm³/mol. The maximum Gasteiger partial charge on any atom is 0.0626 e. The standard InChI is InChI=1S/C13H29NO/c1-11(2)7-8-13(5,6)15-10-9-12(3,4)14/h11H,7-10,14H2,1-6H3. The summed E-state index contributed by atoms with van der Waals surface area (Å²) in [5.74, 6) is 0.749. The molecule has 0 radical (unpaired) electrons. The van der Waals surface area contributed by atoms with E-state index in [-0.39, 0.29) is 11.1 Å². The van der Waals surface area contributed by atoms with E-state index in [1.807, 2.05) is 13.8 Å². The van der Waals surface area contributed by atoms with Gasteiger partial charge in [-0.2, -0.15) is 0 Å². The fourth-order valence-corrected chi connectivity index (χ4v) is 1.30. The molecule has 0 atom stereocenters. The van der Waals surface area contributed by atoms with Crippen LogP contribution in [0.15, 0.2) is 0 Å². The zero-order valence-corrected chi connectivity index (χ0v) is 11.4. The van der Waals surface area contributed by atoms with Crippen molar-refractivity contribution >= 4 is 0 Å². The van der Waals surface area contributed by atoms with Crippen molar-refractivity contribution < 1.29 is 4.74 Å². The molecule has 0 saturated heterocycles. The van der Waals surface area contributed by atoms with Gasteiger partial charge in [0.25, 0.3) is 0 Å². The summed E-state index contributed by atoms with van der Waals surface area (Å²) in [6.45, 7) is 13.7. The van der Waals surface area contributed by atoms with E-state index in [2.05, 4.69) is 27.7 Å². The second kappa shape index (κ2) is 5.86. The van der Waals surface area contributed by atoms with E-state index in [1.54, 1.807) is 0 Å². The first-order chi connectivity index (χ1) is 6.62. The summed E-state index contributed by atoms with van der Waals surface area (Å²) in [6.07, 6.45) is 3.26. The summed E-state index contributed by atoms with van der Waals surface area (Å²) in [6, 6.07) is 0. The number of rotatable bonds is 7. The molecule has 0 aliphatic rings. The van der Waals surface area contributed by atoms with Gasteiger partial charge in [0.05, 0.1) is 5.60 Å². The Kier molecular flexibility index (Phi) is 5.82. The van der Waals surface area contributed by atoms with E-state index < -0.39 is 0 Å². The molecule has 0 aromatic rings. The first-order valence-corrected chi connectivity index (χ1v) is 6.05. The van der Waals surface area contributed by atoms with Crippen LogP contribution in [-0.2, 0) is 4.74 Å². The summed E-state index contributed by atoms with van der Waals surface area (Å²) in [7, 11) is 0. The van der Waals surface area contributed by atoms with Gasteiger partial charge < -0.3 is 10.5 Å². The van der Waals surface area contributed by atoms with Crippen molar-refractivity contribution in [1.82, 2.24) is 0 Å². The van der Waals surface area contributed by atoms with Crippen molar-refractivity contribution in [3.63, 3.8) is 0 Å². The summed E-state index contributed by atoms with van der Waals surface area (Å²) in [4.78, 5) is 0. The van der Waals surface area contributed by atoms with Crippen LogP contribution in [0.25, 0.3) is 0 Å². The van der Waals surface area contributed by atoms with Gasteiger partial charge in [0.1, 0.15) is 0 Å². The first-order valence-electron chi connectivity index (χ1n) is 6.05. The predicted octanol–water partition coefficient (Wildman–Crippen LogP) is 3.35. The fraction of sp³-hybridized carbons (Fsp3) is 1.00. The second-order valence-electron chi connectivity index (χ2n) is 6.28. The van der Waals surface area contributed by atoms with Gasteiger partial charge in [-0.15, -0.1) is 0 Å². The Balaban J connectivity index is 3.74. The summed E-state index contributed by atoms with van der Waals surface area (Å²) in [5, 5.41) is 0. The highest BCUT2D eigenvalue weighted by molar-refractivity contribution is 4.74. The lowest BCUT2D eigenvalue weighted by Gasteiger charge is -2.28. The molecule has 0 bridgehead atoms. The molecular formula is C13H29NO. The van der Waals surface area contributed by atoms with Crippen molar-refractivity contribution in [2.45, 2.75) is 71.9 Å². The van der Waals surface area contributed by atoms with Crippen LogP contribution < -0.4 is 5.73 Å². The van der Waals surface area contributed by atoms with Crippen LogP contribution in [0.2, 0.25) is 0 Å². The smallest absolute Gasteiger partial charge is 0.0626 e. The van der Waals surface area contributed by atoms with Crippen LogP contribution in [0.1, 0.15) is 60.8 Å². The maximum absolute atomic E-state index is 5.91. The Hall–Kier alpha value is -0.0800. The Bertz CT molecular complexity index is 168. The topological polar surface area (TPSA) is 35.2 Å². The van der Waals surface area contributed by atoms with Crippen molar-refractivity contribution in [2.24, 2.45) is 11.7 Å². The molecule has 2 heteroatoms. The van der Waals surface area contributed by atoms with Crippen LogP contribution in [0, 0.1) is 5.92 Å². The molecular weight excluding hydrogens is 186 g/mol. The number of hydrogen-bond donors (Lipinski definition) is 1. The zero-order valence-electron chi connectivity index (χ0n) is 11.4. The molecule has 0 amide bonds. The van der Waals surface area contributed by atoms with Crippen LogP contribution >= 0.6 is 0 Å². The third kappa shape index (κ3) is 10.2. The van der Waals surface area contributed by atoms with Crippen molar-refractivity contribution in [3.8, 4) is 0 Å². The average Bonchev–Trinajstić information content (AvgIpc) is 1.98. The van der Waals surface area contributed by atoms with Crippen LogP contribution in [0.4, 0.5) is 0 Å². The molecule has 2 N–H and O–H groups in total. The Morgan fingerprint density at radius 1 is 1.07 bits per heavy atom. The summed E-state index contributed by atoms with van der Waals surface area (Å²) < 4.78 is 5.88. The Labute approximate surface area is 95.6 Å². The lowest BCUT2D eigenvalue weighted by Crippen LogP contribution is -2.35. The van der Waals surface area contributed by atoms with Crippen molar-refractivity contribution in [1.29, 1.82) is 0 Å². The summed E-state index contributed by atoms with van der Waals surface area (Å²) in [5.41, 5.74) is 5.79. The van der Waals surface area contributed by atoms with Gasteiger partial charge >= 0.3 is 0 Å². The van der Waals surface area contributed by atoms with E-state index in [9.17, 15) is 0 Å². The molecule has 0 heterocycles. The van der Waals surface area contributed by atoms with Crippen molar-refractivity contribution in [3.05, 3.63) is 0 Å². The minimum atomic E-state index is -0.117. The highest BCUT2D eigenvalue weighted by Gasteiger charge is 2.20. The van der Waals surface area contributed by atoms with Crippen LogP contribution in [0.3, 0.4) is 0 Å². The average molecular weight is 215 g/mol. The van der Waals surface area contributed by atoms with Gasteiger partial charge in [-0.3, -0.25) is 0 Å². The minimum Gasteiger partial charge on any atom is -0.376 e. The van der Waals surface area contributed by atoms with Crippen LogP contribution in [-0.4, -0.2) is 17.7 Å². The van der Waals surface area contributed by atoms with Gasteiger partial charge in [0.15, 0.2) is 0 Å². The largest absolute Gasteiger partial charge is 0.376 e. The van der Waals surface area contributed by atoms with Gasteiger partial charge in [-0.1, -0.05) is 13.8 Å². The number of ether oxygens (including phenoxy) is 1. The quantitative estimate of drug-likeness (QED) is 0.707. The highest BCUT2D eigenvalue weighted by atomic mass is 16.5. The SMILES string of the molecule is CC(C)CCC(C)(C)OCCC(C)(C)N. The molecule has 0 aliphatic carbocycles. The van der Waals surface area contributed by atoms with E-state index in [1.165, 1.54) is 6.42 Å². The minimum absolute atomic E-state index is 0.00444. The molecule has 0 aromatic heterocycles. The Morgan fingerprint density at radius 3 is 2.00 bits per heavy atom. The molecule has 15 heavy (non-hydrogen) atoms. The molecule has 0 aliphatic heterocycles. The molecule has 0 rings (SSSR count). The molecule has 2 nitrogen and oxygen atoms in total. The molecule has 92 valence electrons. The lowest BCUT2D eigenvalue weighted by molar-refractivity contribution is -0.0321. The van der Waals surface area contributed by atoms with Gasteiger partial charge in [-0.25, -0.2) is 0 Å². The number of nitrogens with two attached hydrogens (primary N) is 1.